The molecule has 8 heteroatoms. The summed E-state index contributed by atoms with van der Waals surface area (Å²) < 4.78 is 17.1. The van der Waals surface area contributed by atoms with Crippen molar-refractivity contribution in [3.05, 3.63) is 34.7 Å². The van der Waals surface area contributed by atoms with E-state index in [-0.39, 0.29) is 16.5 Å². The van der Waals surface area contributed by atoms with Gasteiger partial charge in [-0.3, -0.25) is 4.79 Å². The zero-order valence-electron chi connectivity index (χ0n) is 8.28. The van der Waals surface area contributed by atoms with Crippen LogP contribution < -0.4 is 11.1 Å². The van der Waals surface area contributed by atoms with Gasteiger partial charge in [0.05, 0.1) is 5.02 Å². The largest absolute Gasteiger partial charge is 0.379 e. The van der Waals surface area contributed by atoms with Crippen LogP contribution in [0.15, 0.2) is 22.8 Å². The number of rotatable bonds is 2. The van der Waals surface area contributed by atoms with E-state index in [1.807, 2.05) is 0 Å². The second kappa shape index (κ2) is 4.38. The van der Waals surface area contributed by atoms with E-state index >= 15 is 0 Å². The molecule has 0 aliphatic rings. The van der Waals surface area contributed by atoms with Gasteiger partial charge in [0.2, 0.25) is 11.5 Å². The molecule has 0 fully saturated rings. The summed E-state index contributed by atoms with van der Waals surface area (Å²) >= 11 is 5.56. The Balaban J connectivity index is 2.19. The van der Waals surface area contributed by atoms with E-state index in [9.17, 15) is 9.18 Å². The van der Waals surface area contributed by atoms with E-state index in [1.165, 1.54) is 12.1 Å². The molecule has 1 aromatic heterocycles. The molecule has 0 atom stereocenters. The highest BCUT2D eigenvalue weighted by atomic mass is 35.5. The highest BCUT2D eigenvalue weighted by Crippen LogP contribution is 2.20. The van der Waals surface area contributed by atoms with Gasteiger partial charge in [0.1, 0.15) is 5.82 Å². The second-order valence-electron chi connectivity index (χ2n) is 3.08. The van der Waals surface area contributed by atoms with Crippen LogP contribution in [-0.4, -0.2) is 16.2 Å². The number of nitrogens with zero attached hydrogens (tertiary/aromatic N) is 2. The van der Waals surface area contributed by atoms with Crippen LogP contribution in [0, 0.1) is 5.82 Å². The van der Waals surface area contributed by atoms with Crippen LogP contribution in [0.2, 0.25) is 5.02 Å². The van der Waals surface area contributed by atoms with Crippen LogP contribution in [0.25, 0.3) is 0 Å². The van der Waals surface area contributed by atoms with Crippen molar-refractivity contribution >= 4 is 29.0 Å². The van der Waals surface area contributed by atoms with Crippen molar-refractivity contribution in [2.75, 3.05) is 11.1 Å². The van der Waals surface area contributed by atoms with Gasteiger partial charge in [-0.05, 0) is 28.5 Å². The maximum absolute atomic E-state index is 12.9. The van der Waals surface area contributed by atoms with Gasteiger partial charge >= 0.3 is 0 Å². The van der Waals surface area contributed by atoms with Crippen LogP contribution >= 0.6 is 11.6 Å². The van der Waals surface area contributed by atoms with E-state index < -0.39 is 11.7 Å². The molecule has 0 saturated heterocycles. The van der Waals surface area contributed by atoms with Crippen molar-refractivity contribution in [3.8, 4) is 0 Å². The number of carbonyl (C=O) groups is 1. The monoisotopic (exact) mass is 256 g/mol. The third-order valence-electron chi connectivity index (χ3n) is 1.91. The molecule has 0 saturated carbocycles. The first-order chi connectivity index (χ1) is 8.08. The van der Waals surface area contributed by atoms with Crippen molar-refractivity contribution in [1.82, 2.24) is 10.3 Å². The Morgan fingerprint density at radius 1 is 1.47 bits per heavy atom. The fraction of sp³-hybridized carbons (Fsp3) is 0. The highest BCUT2D eigenvalue weighted by molar-refractivity contribution is 6.31. The molecule has 17 heavy (non-hydrogen) atoms. The molecule has 0 unspecified atom stereocenters. The Morgan fingerprint density at radius 3 is 2.82 bits per heavy atom. The molecule has 0 bridgehead atoms. The van der Waals surface area contributed by atoms with E-state index in [0.717, 1.165) is 6.07 Å². The lowest BCUT2D eigenvalue weighted by atomic mass is 10.3. The Hall–Kier alpha value is -2.15. The molecule has 6 nitrogen and oxygen atoms in total. The lowest BCUT2D eigenvalue weighted by molar-refractivity contribution is 0.101. The molecule has 1 aromatic carbocycles. The maximum Gasteiger partial charge on any atom is 0.281 e. The van der Waals surface area contributed by atoms with Crippen LogP contribution in [-0.2, 0) is 0 Å². The molecular weight excluding hydrogens is 251 g/mol. The van der Waals surface area contributed by atoms with Crippen molar-refractivity contribution < 1.29 is 13.8 Å². The molecular formula is C9H6ClFN4O2. The van der Waals surface area contributed by atoms with Gasteiger partial charge in [0.15, 0.2) is 0 Å². The van der Waals surface area contributed by atoms with Crippen LogP contribution in [0.4, 0.5) is 15.9 Å². The minimum Gasteiger partial charge on any atom is -0.379 e. The zero-order valence-corrected chi connectivity index (χ0v) is 9.03. The van der Waals surface area contributed by atoms with Crippen LogP contribution in [0.3, 0.4) is 0 Å². The zero-order chi connectivity index (χ0) is 12.4. The van der Waals surface area contributed by atoms with Gasteiger partial charge in [-0.15, -0.1) is 0 Å². The lowest BCUT2D eigenvalue weighted by Gasteiger charge is -2.03. The number of benzene rings is 1. The number of hydrogen-bond acceptors (Lipinski definition) is 5. The number of amides is 1. The van der Waals surface area contributed by atoms with Gasteiger partial charge < -0.3 is 11.1 Å². The van der Waals surface area contributed by atoms with Crippen molar-refractivity contribution in [3.63, 3.8) is 0 Å². The first-order valence-electron chi connectivity index (χ1n) is 4.42. The average Bonchev–Trinajstić information content (AvgIpc) is 2.70. The first kappa shape index (κ1) is 11.3. The molecule has 0 spiro atoms. The molecule has 1 heterocycles. The number of aromatic nitrogens is 2. The van der Waals surface area contributed by atoms with E-state index in [1.54, 1.807) is 0 Å². The second-order valence-corrected chi connectivity index (χ2v) is 3.49. The van der Waals surface area contributed by atoms with Crippen molar-refractivity contribution in [2.24, 2.45) is 0 Å². The van der Waals surface area contributed by atoms with E-state index in [4.69, 9.17) is 17.3 Å². The standard InChI is InChI=1S/C9H6ClFN4O2/c10-5-3-4(1-2-6(5)11)13-9(16)7-8(12)15-17-14-7/h1-3H,(H2,12,15)(H,13,16). The normalized spacial score (nSPS) is 10.2. The number of nitrogen functional groups attached to an aromatic ring is 1. The average molecular weight is 257 g/mol. The predicted molar refractivity (Wildman–Crippen MR) is 58.1 cm³/mol. The van der Waals surface area contributed by atoms with Gasteiger partial charge in [-0.25, -0.2) is 9.02 Å². The molecule has 3 N–H and O–H groups in total. The summed E-state index contributed by atoms with van der Waals surface area (Å²) in [5.41, 5.74) is 5.50. The van der Waals surface area contributed by atoms with Gasteiger partial charge in [-0.1, -0.05) is 11.6 Å². The number of carbonyl (C=O) groups excluding carboxylic acids is 1. The predicted octanol–water partition coefficient (Wildman–Crippen LogP) is 1.70. The topological polar surface area (TPSA) is 94.0 Å². The summed E-state index contributed by atoms with van der Waals surface area (Å²) in [5, 5.41) is 8.90. The van der Waals surface area contributed by atoms with Gasteiger partial charge in [0.25, 0.3) is 5.91 Å². The number of hydrogen-bond donors (Lipinski definition) is 2. The smallest absolute Gasteiger partial charge is 0.281 e. The SMILES string of the molecule is Nc1nonc1C(=O)Nc1ccc(F)c(Cl)c1. The van der Waals surface area contributed by atoms with Crippen LogP contribution in [0.5, 0.6) is 0 Å². The summed E-state index contributed by atoms with van der Waals surface area (Å²) in [6.45, 7) is 0. The molecule has 2 aromatic rings. The molecule has 0 aliphatic heterocycles. The van der Waals surface area contributed by atoms with Crippen molar-refractivity contribution in [1.29, 1.82) is 0 Å². The molecule has 2 rings (SSSR count). The minimum absolute atomic E-state index is 0.103. The van der Waals surface area contributed by atoms with E-state index in [2.05, 4.69) is 20.3 Å². The molecule has 1 amide bonds. The number of halogens is 2. The Labute approximate surface area is 99.5 Å². The minimum atomic E-state index is -0.619. The number of nitrogens with one attached hydrogen (secondary N) is 1. The third-order valence-corrected chi connectivity index (χ3v) is 2.20. The molecule has 0 aliphatic carbocycles. The Bertz CT molecular complexity index is 572. The fourth-order valence-electron chi connectivity index (χ4n) is 1.12. The number of anilines is 2. The number of nitrogens with two attached hydrogens (primary N) is 1. The highest BCUT2D eigenvalue weighted by Gasteiger charge is 2.16. The summed E-state index contributed by atoms with van der Waals surface area (Å²) in [4.78, 5) is 11.6. The first-order valence-corrected chi connectivity index (χ1v) is 4.80. The summed E-state index contributed by atoms with van der Waals surface area (Å²) in [6, 6.07) is 3.74. The summed E-state index contributed by atoms with van der Waals surface area (Å²) in [6.07, 6.45) is 0. The molecule has 0 radical (unpaired) electrons. The quantitative estimate of drug-likeness (QED) is 0.853. The van der Waals surface area contributed by atoms with Gasteiger partial charge in [0, 0.05) is 5.69 Å². The van der Waals surface area contributed by atoms with Gasteiger partial charge in [-0.2, -0.15) is 0 Å². The van der Waals surface area contributed by atoms with Crippen LogP contribution in [0.1, 0.15) is 10.5 Å². The maximum atomic E-state index is 12.9. The Morgan fingerprint density at radius 2 is 2.24 bits per heavy atom. The Kier molecular flexibility index (Phi) is 2.92. The molecule has 88 valence electrons. The fourth-order valence-corrected chi connectivity index (χ4v) is 1.30. The lowest BCUT2D eigenvalue weighted by Crippen LogP contribution is -2.14. The summed E-state index contributed by atoms with van der Waals surface area (Å²) in [5.74, 6) is -1.32. The van der Waals surface area contributed by atoms with Crippen molar-refractivity contribution in [2.45, 2.75) is 0 Å². The third kappa shape index (κ3) is 2.34. The summed E-state index contributed by atoms with van der Waals surface area (Å²) in [7, 11) is 0. The van der Waals surface area contributed by atoms with E-state index in [0.29, 0.717) is 5.69 Å².